The normalized spacial score (nSPS) is 16.7. The van der Waals surface area contributed by atoms with E-state index in [4.69, 9.17) is 9.47 Å². The quantitative estimate of drug-likeness (QED) is 0.822. The van der Waals surface area contributed by atoms with Crippen LogP contribution < -0.4 is 10.1 Å². The second kappa shape index (κ2) is 8.08. The van der Waals surface area contributed by atoms with E-state index in [2.05, 4.69) is 5.32 Å². The molecule has 27 heavy (non-hydrogen) atoms. The van der Waals surface area contributed by atoms with Crippen molar-refractivity contribution in [3.05, 3.63) is 76.5 Å². The van der Waals surface area contributed by atoms with Crippen LogP contribution in [0.1, 0.15) is 36.0 Å². The van der Waals surface area contributed by atoms with E-state index >= 15 is 0 Å². The zero-order valence-corrected chi connectivity index (χ0v) is 15.7. The topological polar surface area (TPSA) is 64.6 Å². The number of amides is 1. The van der Waals surface area contributed by atoms with Crippen LogP contribution in [0.2, 0.25) is 0 Å². The van der Waals surface area contributed by atoms with E-state index in [-0.39, 0.29) is 24.9 Å². The van der Waals surface area contributed by atoms with Gasteiger partial charge < -0.3 is 14.8 Å². The number of benzene rings is 2. The summed E-state index contributed by atoms with van der Waals surface area (Å²) in [7, 11) is 1.60. The van der Waals surface area contributed by atoms with E-state index in [0.29, 0.717) is 11.3 Å². The van der Waals surface area contributed by atoms with Gasteiger partial charge in [0.2, 0.25) is 5.91 Å². The van der Waals surface area contributed by atoms with Crippen molar-refractivity contribution in [2.75, 3.05) is 7.11 Å². The molecule has 1 amide bonds. The summed E-state index contributed by atoms with van der Waals surface area (Å²) < 4.78 is 10.7. The molecule has 5 nitrogen and oxygen atoms in total. The molecule has 1 aliphatic heterocycles. The van der Waals surface area contributed by atoms with Crippen molar-refractivity contribution >= 4 is 11.9 Å². The summed E-state index contributed by atoms with van der Waals surface area (Å²) in [5, 5.41) is 2.77. The Morgan fingerprint density at radius 3 is 2.48 bits per heavy atom. The number of methoxy groups -OCH3 is 1. The number of esters is 1. The van der Waals surface area contributed by atoms with Crippen molar-refractivity contribution in [2.45, 2.75) is 32.8 Å². The number of carbonyl (C=O) groups is 2. The highest BCUT2D eigenvalue weighted by atomic mass is 16.5. The maximum atomic E-state index is 12.9. The van der Waals surface area contributed by atoms with Crippen LogP contribution in [0.25, 0.3) is 0 Å². The van der Waals surface area contributed by atoms with Crippen molar-refractivity contribution in [1.29, 1.82) is 0 Å². The highest BCUT2D eigenvalue weighted by molar-refractivity contribution is 5.95. The van der Waals surface area contributed by atoms with Crippen molar-refractivity contribution in [3.63, 3.8) is 0 Å². The zero-order valence-electron chi connectivity index (χ0n) is 15.7. The van der Waals surface area contributed by atoms with Gasteiger partial charge in [-0.15, -0.1) is 0 Å². The summed E-state index contributed by atoms with van der Waals surface area (Å²) >= 11 is 0. The molecule has 1 heterocycles. The van der Waals surface area contributed by atoms with Gasteiger partial charge in [-0.1, -0.05) is 36.4 Å². The lowest BCUT2D eigenvalue weighted by Gasteiger charge is -2.27. The summed E-state index contributed by atoms with van der Waals surface area (Å²) in [4.78, 5) is 24.9. The fourth-order valence-corrected chi connectivity index (χ4v) is 3.36. The number of rotatable bonds is 5. The molecule has 2 aromatic rings. The Kier molecular flexibility index (Phi) is 5.60. The molecule has 5 heteroatoms. The minimum absolute atomic E-state index is 0.0903. The highest BCUT2D eigenvalue weighted by Gasteiger charge is 2.33. The van der Waals surface area contributed by atoms with Crippen molar-refractivity contribution in [1.82, 2.24) is 5.32 Å². The number of ether oxygens (including phenoxy) is 2. The number of aryl methyl sites for hydroxylation is 1. The van der Waals surface area contributed by atoms with E-state index in [1.165, 1.54) is 0 Å². The van der Waals surface area contributed by atoms with Gasteiger partial charge in [0, 0.05) is 18.0 Å². The van der Waals surface area contributed by atoms with Crippen LogP contribution in [0.3, 0.4) is 0 Å². The Morgan fingerprint density at radius 1 is 1.11 bits per heavy atom. The Hall–Kier alpha value is -3.08. The molecule has 1 atom stereocenters. The van der Waals surface area contributed by atoms with Crippen molar-refractivity contribution in [3.8, 4) is 5.75 Å². The Bertz CT molecular complexity index is 883. The fourth-order valence-electron chi connectivity index (χ4n) is 3.36. The van der Waals surface area contributed by atoms with Gasteiger partial charge >= 0.3 is 5.97 Å². The molecule has 3 rings (SSSR count). The van der Waals surface area contributed by atoms with Crippen LogP contribution in [0.15, 0.2) is 59.8 Å². The van der Waals surface area contributed by atoms with Crippen molar-refractivity contribution in [2.24, 2.45) is 0 Å². The number of allylic oxidation sites excluding steroid dienone is 1. The van der Waals surface area contributed by atoms with Crippen LogP contribution in [-0.2, 0) is 20.9 Å². The third-order valence-electron chi connectivity index (χ3n) is 4.78. The van der Waals surface area contributed by atoms with Crippen LogP contribution in [0, 0.1) is 6.92 Å². The lowest BCUT2D eigenvalue weighted by molar-refractivity contribution is -0.141. The standard InChI is InChI=1S/C22H23NO4/c1-14-6-4-5-7-18(14)19-12-20(24)23-15(2)21(19)22(25)27-13-16-8-10-17(26-3)11-9-16/h4-11,19H,12-13H2,1-3H3,(H,23,24)/t19-/m0/s1. The van der Waals surface area contributed by atoms with Gasteiger partial charge in [-0.05, 0) is 42.7 Å². The third-order valence-corrected chi connectivity index (χ3v) is 4.78. The summed E-state index contributed by atoms with van der Waals surface area (Å²) in [6.45, 7) is 3.89. The van der Waals surface area contributed by atoms with Crippen LogP contribution in [-0.4, -0.2) is 19.0 Å². The zero-order chi connectivity index (χ0) is 19.4. The van der Waals surface area contributed by atoms with Gasteiger partial charge in [0.15, 0.2) is 0 Å². The van der Waals surface area contributed by atoms with E-state index < -0.39 is 5.97 Å². The Labute approximate surface area is 159 Å². The minimum Gasteiger partial charge on any atom is -0.497 e. The largest absolute Gasteiger partial charge is 0.497 e. The molecule has 0 unspecified atom stereocenters. The van der Waals surface area contributed by atoms with Crippen molar-refractivity contribution < 1.29 is 19.1 Å². The van der Waals surface area contributed by atoms with E-state index in [1.54, 1.807) is 14.0 Å². The van der Waals surface area contributed by atoms with Gasteiger partial charge in [-0.2, -0.15) is 0 Å². The molecule has 1 N–H and O–H groups in total. The molecule has 0 radical (unpaired) electrons. The first-order valence-corrected chi connectivity index (χ1v) is 8.85. The summed E-state index contributed by atoms with van der Waals surface area (Å²) in [5.74, 6) is -0.0504. The van der Waals surface area contributed by atoms with Gasteiger partial charge in [-0.25, -0.2) is 4.79 Å². The maximum Gasteiger partial charge on any atom is 0.336 e. The molecule has 0 fully saturated rings. The average Bonchev–Trinajstić information content (AvgIpc) is 2.66. The van der Waals surface area contributed by atoms with Gasteiger partial charge in [0.1, 0.15) is 12.4 Å². The first kappa shape index (κ1) is 18.7. The molecule has 1 aliphatic rings. The predicted octanol–water partition coefficient (Wildman–Crippen LogP) is 3.62. The predicted molar refractivity (Wildman–Crippen MR) is 102 cm³/mol. The van der Waals surface area contributed by atoms with Gasteiger partial charge in [-0.3, -0.25) is 4.79 Å². The first-order chi connectivity index (χ1) is 13.0. The van der Waals surface area contributed by atoms with E-state index in [9.17, 15) is 9.59 Å². The molecular weight excluding hydrogens is 342 g/mol. The SMILES string of the molecule is COc1ccc(COC(=O)C2=C(C)NC(=O)C[C@H]2c2ccccc2C)cc1. The smallest absolute Gasteiger partial charge is 0.336 e. The average molecular weight is 365 g/mol. The summed E-state index contributed by atoms with van der Waals surface area (Å²) in [5.41, 5.74) is 3.96. The molecule has 0 aliphatic carbocycles. The lowest BCUT2D eigenvalue weighted by atomic mass is 9.82. The second-order valence-electron chi connectivity index (χ2n) is 6.62. The van der Waals surface area contributed by atoms with E-state index in [0.717, 1.165) is 22.4 Å². The maximum absolute atomic E-state index is 12.9. The third kappa shape index (κ3) is 4.19. The fraction of sp³-hybridized carbons (Fsp3) is 0.273. The van der Waals surface area contributed by atoms with Crippen LogP contribution in [0.5, 0.6) is 5.75 Å². The molecule has 0 aromatic heterocycles. The molecule has 0 saturated carbocycles. The Balaban J connectivity index is 1.82. The molecule has 0 spiro atoms. The Morgan fingerprint density at radius 2 is 1.81 bits per heavy atom. The second-order valence-corrected chi connectivity index (χ2v) is 6.62. The molecule has 2 aromatic carbocycles. The lowest BCUT2D eigenvalue weighted by Crippen LogP contribution is -2.34. The first-order valence-electron chi connectivity index (χ1n) is 8.85. The van der Waals surface area contributed by atoms with E-state index in [1.807, 2.05) is 55.5 Å². The van der Waals surface area contributed by atoms with Gasteiger partial charge in [0.05, 0.1) is 12.7 Å². The minimum atomic E-state index is -0.406. The molecule has 140 valence electrons. The number of nitrogens with one attached hydrogen (secondary N) is 1. The number of hydrogen-bond acceptors (Lipinski definition) is 4. The molecule has 0 bridgehead atoms. The number of hydrogen-bond donors (Lipinski definition) is 1. The number of carbonyl (C=O) groups excluding carboxylic acids is 2. The molecule has 0 saturated heterocycles. The summed E-state index contributed by atoms with van der Waals surface area (Å²) in [6.07, 6.45) is 0.231. The molecular formula is C22H23NO4. The monoisotopic (exact) mass is 365 g/mol. The van der Waals surface area contributed by atoms with Gasteiger partial charge in [0.25, 0.3) is 0 Å². The van der Waals surface area contributed by atoms with Crippen LogP contribution >= 0.6 is 0 Å². The summed E-state index contributed by atoms with van der Waals surface area (Å²) in [6, 6.07) is 15.2. The van der Waals surface area contributed by atoms with Crippen LogP contribution in [0.4, 0.5) is 0 Å². The highest BCUT2D eigenvalue weighted by Crippen LogP contribution is 2.35.